The molecule has 2 bridgehead atoms. The smallest absolute Gasteiger partial charge is 0.241 e. The minimum absolute atomic E-state index is 0.0704. The zero-order chi connectivity index (χ0) is 13.6. The Morgan fingerprint density at radius 3 is 2.74 bits per heavy atom. The van der Waals surface area contributed by atoms with Crippen LogP contribution in [0.2, 0.25) is 0 Å². The third kappa shape index (κ3) is 2.20. The third-order valence-corrected chi connectivity index (χ3v) is 5.84. The summed E-state index contributed by atoms with van der Waals surface area (Å²) >= 11 is 0. The van der Waals surface area contributed by atoms with Gasteiger partial charge in [-0.2, -0.15) is 0 Å². The van der Waals surface area contributed by atoms with Crippen molar-refractivity contribution in [3.8, 4) is 0 Å². The maximum Gasteiger partial charge on any atom is 0.241 e. The molecule has 0 aromatic rings. The molecule has 3 heteroatoms. The van der Waals surface area contributed by atoms with Gasteiger partial charge in [-0.05, 0) is 57.3 Å². The van der Waals surface area contributed by atoms with Crippen molar-refractivity contribution < 1.29 is 4.79 Å². The molecule has 1 saturated heterocycles. The van der Waals surface area contributed by atoms with Crippen LogP contribution in [0.3, 0.4) is 0 Å². The minimum atomic E-state index is 0.0704. The van der Waals surface area contributed by atoms with E-state index in [0.29, 0.717) is 11.9 Å². The Morgan fingerprint density at radius 1 is 1.37 bits per heavy atom. The summed E-state index contributed by atoms with van der Waals surface area (Å²) in [5.41, 5.74) is 0. The molecule has 1 heterocycles. The summed E-state index contributed by atoms with van der Waals surface area (Å²) in [6.07, 6.45) is 7.90. The van der Waals surface area contributed by atoms with Crippen molar-refractivity contribution in [2.24, 2.45) is 17.8 Å². The van der Waals surface area contributed by atoms with E-state index in [1.165, 1.54) is 25.7 Å². The van der Waals surface area contributed by atoms with E-state index in [1.807, 2.05) is 0 Å². The SMILES string of the molecule is CCCC1NC(C)N(C(C)C2CC3CCC2C3)C1=O. The zero-order valence-electron chi connectivity index (χ0n) is 12.6. The van der Waals surface area contributed by atoms with Gasteiger partial charge in [0.25, 0.3) is 0 Å². The van der Waals surface area contributed by atoms with Crippen molar-refractivity contribution in [1.29, 1.82) is 0 Å². The van der Waals surface area contributed by atoms with Crippen molar-refractivity contribution in [2.75, 3.05) is 0 Å². The summed E-state index contributed by atoms with van der Waals surface area (Å²) in [7, 11) is 0. The third-order valence-electron chi connectivity index (χ3n) is 5.84. The number of nitrogens with zero attached hydrogens (tertiary/aromatic N) is 1. The number of fused-ring (bicyclic) bond motifs is 2. The molecule has 0 aromatic carbocycles. The van der Waals surface area contributed by atoms with Crippen LogP contribution in [0.15, 0.2) is 0 Å². The highest BCUT2D eigenvalue weighted by Crippen LogP contribution is 2.50. The number of hydrogen-bond donors (Lipinski definition) is 1. The first-order chi connectivity index (χ1) is 9.11. The normalized spacial score (nSPS) is 43.2. The lowest BCUT2D eigenvalue weighted by Crippen LogP contribution is -2.46. The summed E-state index contributed by atoms with van der Waals surface area (Å²) in [6, 6.07) is 0.494. The predicted octanol–water partition coefficient (Wildman–Crippen LogP) is 2.76. The minimum Gasteiger partial charge on any atom is -0.323 e. The quantitative estimate of drug-likeness (QED) is 0.847. The molecule has 1 N–H and O–H groups in total. The van der Waals surface area contributed by atoms with E-state index in [4.69, 9.17) is 0 Å². The standard InChI is InChI=1S/C16H28N2O/c1-4-5-15-16(19)18(11(3)17-15)10(2)14-9-12-6-7-13(14)8-12/h10-15,17H,4-9H2,1-3H3. The molecule has 2 aliphatic carbocycles. The van der Waals surface area contributed by atoms with E-state index in [2.05, 4.69) is 31.0 Å². The summed E-state index contributed by atoms with van der Waals surface area (Å²) in [6.45, 7) is 6.59. The predicted molar refractivity (Wildman–Crippen MR) is 76.5 cm³/mol. The van der Waals surface area contributed by atoms with Gasteiger partial charge in [-0.15, -0.1) is 0 Å². The number of rotatable bonds is 4. The molecular weight excluding hydrogens is 236 g/mol. The van der Waals surface area contributed by atoms with Crippen LogP contribution in [0.1, 0.15) is 59.3 Å². The van der Waals surface area contributed by atoms with Gasteiger partial charge in [0.1, 0.15) is 0 Å². The van der Waals surface area contributed by atoms with Gasteiger partial charge in [-0.25, -0.2) is 0 Å². The molecule has 3 nitrogen and oxygen atoms in total. The second-order valence-corrected chi connectivity index (χ2v) is 7.01. The van der Waals surface area contributed by atoms with E-state index in [1.54, 1.807) is 0 Å². The van der Waals surface area contributed by atoms with Gasteiger partial charge in [0.05, 0.1) is 12.2 Å². The Bertz CT molecular complexity index is 357. The van der Waals surface area contributed by atoms with E-state index in [9.17, 15) is 4.79 Å². The van der Waals surface area contributed by atoms with E-state index >= 15 is 0 Å². The van der Waals surface area contributed by atoms with Gasteiger partial charge in [0.2, 0.25) is 5.91 Å². The topological polar surface area (TPSA) is 32.3 Å². The summed E-state index contributed by atoms with van der Waals surface area (Å²) in [4.78, 5) is 14.7. The van der Waals surface area contributed by atoms with E-state index in [0.717, 1.165) is 30.6 Å². The molecule has 3 aliphatic rings. The molecule has 6 atom stereocenters. The largest absolute Gasteiger partial charge is 0.323 e. The molecule has 3 fully saturated rings. The van der Waals surface area contributed by atoms with E-state index in [-0.39, 0.29) is 12.2 Å². The fourth-order valence-corrected chi connectivity index (χ4v) is 4.95. The lowest BCUT2D eigenvalue weighted by atomic mass is 9.83. The number of carbonyl (C=O) groups excluding carboxylic acids is 1. The van der Waals surface area contributed by atoms with Gasteiger partial charge < -0.3 is 4.90 Å². The molecule has 0 spiro atoms. The maximum atomic E-state index is 12.6. The Labute approximate surface area is 117 Å². The average molecular weight is 264 g/mol. The molecule has 1 aliphatic heterocycles. The molecule has 108 valence electrons. The second-order valence-electron chi connectivity index (χ2n) is 7.01. The van der Waals surface area contributed by atoms with Crippen LogP contribution in [-0.4, -0.2) is 29.1 Å². The van der Waals surface area contributed by atoms with Crippen LogP contribution < -0.4 is 5.32 Å². The zero-order valence-corrected chi connectivity index (χ0v) is 12.6. The van der Waals surface area contributed by atoms with Gasteiger partial charge >= 0.3 is 0 Å². The highest BCUT2D eigenvalue weighted by molar-refractivity contribution is 5.84. The second kappa shape index (κ2) is 5.08. The molecule has 2 saturated carbocycles. The fourth-order valence-electron chi connectivity index (χ4n) is 4.95. The van der Waals surface area contributed by atoms with Crippen LogP contribution in [0.5, 0.6) is 0 Å². The number of amides is 1. The van der Waals surface area contributed by atoms with Crippen molar-refractivity contribution in [3.63, 3.8) is 0 Å². The van der Waals surface area contributed by atoms with Crippen molar-refractivity contribution in [1.82, 2.24) is 10.2 Å². The van der Waals surface area contributed by atoms with Gasteiger partial charge in [-0.3, -0.25) is 10.1 Å². The first-order valence-corrected chi connectivity index (χ1v) is 8.20. The van der Waals surface area contributed by atoms with Crippen LogP contribution in [0.25, 0.3) is 0 Å². The van der Waals surface area contributed by atoms with Gasteiger partial charge in [0, 0.05) is 6.04 Å². The summed E-state index contributed by atoms with van der Waals surface area (Å²) < 4.78 is 0. The van der Waals surface area contributed by atoms with Crippen molar-refractivity contribution in [2.45, 2.75) is 77.5 Å². The molecular formula is C16H28N2O. The van der Waals surface area contributed by atoms with Gasteiger partial charge in [0.15, 0.2) is 0 Å². The molecule has 6 unspecified atom stereocenters. The fraction of sp³-hybridized carbons (Fsp3) is 0.938. The monoisotopic (exact) mass is 264 g/mol. The van der Waals surface area contributed by atoms with Crippen LogP contribution in [0.4, 0.5) is 0 Å². The molecule has 3 rings (SSSR count). The Balaban J connectivity index is 1.69. The number of carbonyl (C=O) groups is 1. The number of hydrogen-bond acceptors (Lipinski definition) is 2. The van der Waals surface area contributed by atoms with Crippen LogP contribution in [0, 0.1) is 17.8 Å². The highest BCUT2D eigenvalue weighted by atomic mass is 16.2. The van der Waals surface area contributed by atoms with Gasteiger partial charge in [-0.1, -0.05) is 19.8 Å². The van der Waals surface area contributed by atoms with E-state index < -0.39 is 0 Å². The first kappa shape index (κ1) is 13.4. The van der Waals surface area contributed by atoms with Crippen LogP contribution >= 0.6 is 0 Å². The number of nitrogens with one attached hydrogen (secondary N) is 1. The highest BCUT2D eigenvalue weighted by Gasteiger charge is 2.47. The molecule has 0 aromatic heterocycles. The summed E-state index contributed by atoms with van der Waals surface area (Å²) in [5, 5.41) is 3.48. The van der Waals surface area contributed by atoms with Crippen molar-refractivity contribution in [3.05, 3.63) is 0 Å². The van der Waals surface area contributed by atoms with Crippen molar-refractivity contribution >= 4 is 5.91 Å². The Hall–Kier alpha value is -0.570. The molecule has 0 radical (unpaired) electrons. The lowest BCUT2D eigenvalue weighted by molar-refractivity contribution is -0.133. The maximum absolute atomic E-state index is 12.6. The summed E-state index contributed by atoms with van der Waals surface area (Å²) in [5.74, 6) is 2.96. The first-order valence-electron chi connectivity index (χ1n) is 8.20. The molecule has 1 amide bonds. The lowest BCUT2D eigenvalue weighted by Gasteiger charge is -2.36. The Kier molecular flexibility index (Phi) is 3.59. The average Bonchev–Trinajstić information content (AvgIpc) is 3.05. The molecule has 19 heavy (non-hydrogen) atoms. The Morgan fingerprint density at radius 2 is 2.16 bits per heavy atom. The van der Waals surface area contributed by atoms with Crippen LogP contribution in [-0.2, 0) is 4.79 Å².